The van der Waals surface area contributed by atoms with Crippen molar-refractivity contribution in [3.05, 3.63) is 106 Å². The van der Waals surface area contributed by atoms with Gasteiger partial charge in [-0.25, -0.2) is 8.78 Å². The number of nitrogens with zero attached hydrogens (tertiary/aromatic N) is 1. The summed E-state index contributed by atoms with van der Waals surface area (Å²) in [5.41, 5.74) is 1.38. The number of benzene rings is 3. The number of hydrogen-bond acceptors (Lipinski definition) is 4. The van der Waals surface area contributed by atoms with Gasteiger partial charge in [-0.2, -0.15) is 0 Å². The van der Waals surface area contributed by atoms with Crippen LogP contribution in [0, 0.1) is 18.6 Å². The molecule has 5 nitrogen and oxygen atoms in total. The van der Waals surface area contributed by atoms with Gasteiger partial charge in [-0.15, -0.1) is 0 Å². The van der Waals surface area contributed by atoms with E-state index in [4.69, 9.17) is 4.74 Å². The summed E-state index contributed by atoms with van der Waals surface area (Å²) in [6, 6.07) is 15.1. The number of amides is 1. The second-order valence-corrected chi connectivity index (χ2v) is 7.78. The van der Waals surface area contributed by atoms with Gasteiger partial charge in [0, 0.05) is 12.1 Å². The lowest BCUT2D eigenvalue weighted by atomic mass is 9.94. The van der Waals surface area contributed by atoms with Crippen molar-refractivity contribution in [2.24, 2.45) is 0 Å². The van der Waals surface area contributed by atoms with Crippen LogP contribution >= 0.6 is 0 Å². The van der Waals surface area contributed by atoms with Gasteiger partial charge in [-0.05, 0) is 42.8 Å². The number of ether oxygens (including phenoxy) is 1. The van der Waals surface area contributed by atoms with Gasteiger partial charge in [0.15, 0.2) is 0 Å². The van der Waals surface area contributed by atoms with E-state index in [0.717, 1.165) is 5.56 Å². The van der Waals surface area contributed by atoms with Gasteiger partial charge in [-0.1, -0.05) is 42.0 Å². The van der Waals surface area contributed by atoms with E-state index in [9.17, 15) is 23.5 Å². The van der Waals surface area contributed by atoms with Crippen LogP contribution in [-0.4, -0.2) is 28.8 Å². The molecular weight excluding hydrogens is 428 g/mol. The van der Waals surface area contributed by atoms with Crippen LogP contribution in [0.15, 0.2) is 72.3 Å². The zero-order chi connectivity index (χ0) is 23.7. The molecule has 1 unspecified atom stereocenters. The number of methoxy groups -OCH3 is 1. The van der Waals surface area contributed by atoms with E-state index in [2.05, 4.69) is 0 Å². The average molecular weight is 449 g/mol. The minimum absolute atomic E-state index is 0.0620. The molecule has 3 aromatic rings. The van der Waals surface area contributed by atoms with Crippen molar-refractivity contribution >= 4 is 17.4 Å². The predicted octanol–water partition coefficient (Wildman–Crippen LogP) is 4.90. The van der Waals surface area contributed by atoms with Crippen LogP contribution in [0.2, 0.25) is 0 Å². The fourth-order valence-electron chi connectivity index (χ4n) is 4.00. The molecule has 33 heavy (non-hydrogen) atoms. The summed E-state index contributed by atoms with van der Waals surface area (Å²) in [5.74, 6) is -3.06. The van der Waals surface area contributed by atoms with E-state index in [1.807, 2.05) is 0 Å². The van der Waals surface area contributed by atoms with Gasteiger partial charge in [-0.3, -0.25) is 9.59 Å². The van der Waals surface area contributed by atoms with E-state index < -0.39 is 35.1 Å². The second-order valence-electron chi connectivity index (χ2n) is 7.78. The molecule has 1 atom stereocenters. The highest BCUT2D eigenvalue weighted by atomic mass is 19.1. The van der Waals surface area contributed by atoms with Crippen LogP contribution in [0.1, 0.15) is 28.3 Å². The number of carbonyl (C=O) groups excluding carboxylic acids is 2. The Morgan fingerprint density at radius 3 is 2.39 bits per heavy atom. The molecule has 0 bridgehead atoms. The molecule has 1 saturated heterocycles. The second kappa shape index (κ2) is 8.86. The van der Waals surface area contributed by atoms with Crippen molar-refractivity contribution in [3.63, 3.8) is 0 Å². The molecule has 1 aliphatic heterocycles. The van der Waals surface area contributed by atoms with Crippen LogP contribution in [-0.2, 0) is 16.1 Å². The Balaban J connectivity index is 1.92. The van der Waals surface area contributed by atoms with Crippen LogP contribution in [0.25, 0.3) is 5.76 Å². The fourth-order valence-corrected chi connectivity index (χ4v) is 4.00. The van der Waals surface area contributed by atoms with Crippen LogP contribution in [0.4, 0.5) is 8.78 Å². The molecule has 7 heteroatoms. The number of likely N-dealkylation sites (tertiary alicyclic amines) is 1. The summed E-state index contributed by atoms with van der Waals surface area (Å²) < 4.78 is 33.6. The molecule has 1 heterocycles. The highest BCUT2D eigenvalue weighted by molar-refractivity contribution is 6.46. The van der Waals surface area contributed by atoms with Crippen molar-refractivity contribution < 1.29 is 28.2 Å². The summed E-state index contributed by atoms with van der Waals surface area (Å²) in [7, 11) is 1.42. The zero-order valence-electron chi connectivity index (χ0n) is 18.0. The number of aryl methyl sites for hydroxylation is 1. The van der Waals surface area contributed by atoms with Gasteiger partial charge < -0.3 is 14.7 Å². The molecule has 0 saturated carbocycles. The van der Waals surface area contributed by atoms with Crippen molar-refractivity contribution in [3.8, 4) is 5.75 Å². The van der Waals surface area contributed by atoms with Gasteiger partial charge >= 0.3 is 0 Å². The summed E-state index contributed by atoms with van der Waals surface area (Å²) in [6.07, 6.45) is 0. The first kappa shape index (κ1) is 22.2. The van der Waals surface area contributed by atoms with Gasteiger partial charge in [0.1, 0.15) is 23.1 Å². The quantitative estimate of drug-likeness (QED) is 0.342. The molecule has 1 N–H and O–H groups in total. The lowest BCUT2D eigenvalue weighted by molar-refractivity contribution is -0.140. The third-order valence-electron chi connectivity index (χ3n) is 5.62. The molecule has 1 fully saturated rings. The molecule has 3 aromatic carbocycles. The molecule has 4 rings (SSSR count). The Bertz CT molecular complexity index is 1270. The monoisotopic (exact) mass is 449 g/mol. The van der Waals surface area contributed by atoms with Crippen LogP contribution in [0.3, 0.4) is 0 Å². The topological polar surface area (TPSA) is 66.8 Å². The Morgan fingerprint density at radius 1 is 1.03 bits per heavy atom. The Morgan fingerprint density at radius 2 is 1.73 bits per heavy atom. The predicted molar refractivity (Wildman–Crippen MR) is 118 cm³/mol. The van der Waals surface area contributed by atoms with E-state index in [1.165, 1.54) is 54.5 Å². The average Bonchev–Trinajstić information content (AvgIpc) is 3.05. The molecule has 0 aromatic heterocycles. The van der Waals surface area contributed by atoms with Gasteiger partial charge in [0.05, 0.1) is 24.3 Å². The number of aliphatic hydroxyl groups excluding tert-OH is 1. The molecule has 0 spiro atoms. The summed E-state index contributed by atoms with van der Waals surface area (Å²) >= 11 is 0. The molecule has 1 amide bonds. The molecule has 0 aliphatic carbocycles. The van der Waals surface area contributed by atoms with Crippen molar-refractivity contribution in [1.82, 2.24) is 4.90 Å². The first-order valence-electron chi connectivity index (χ1n) is 10.2. The summed E-state index contributed by atoms with van der Waals surface area (Å²) in [4.78, 5) is 27.3. The molecule has 168 valence electrons. The maximum Gasteiger partial charge on any atom is 0.295 e. The van der Waals surface area contributed by atoms with Gasteiger partial charge in [0.2, 0.25) is 0 Å². The lowest BCUT2D eigenvalue weighted by Gasteiger charge is -2.26. The molecule has 1 aliphatic rings. The number of halogens is 2. The molecule has 0 radical (unpaired) electrons. The highest BCUT2D eigenvalue weighted by Crippen LogP contribution is 2.42. The van der Waals surface area contributed by atoms with Crippen molar-refractivity contribution in [2.75, 3.05) is 7.11 Å². The number of rotatable bonds is 5. The lowest BCUT2D eigenvalue weighted by Crippen LogP contribution is -2.29. The number of aliphatic hydroxyl groups is 1. The SMILES string of the molecule is COc1ccc(C)cc1/C(O)=C1\C(=O)C(=O)N(Cc2ccc(F)cc2)C1c1ccccc1F. The van der Waals surface area contributed by atoms with Gasteiger partial charge in [0.25, 0.3) is 11.7 Å². The first-order valence-corrected chi connectivity index (χ1v) is 10.2. The van der Waals surface area contributed by atoms with E-state index >= 15 is 0 Å². The van der Waals surface area contributed by atoms with Crippen molar-refractivity contribution in [1.29, 1.82) is 0 Å². The maximum atomic E-state index is 14.9. The minimum atomic E-state index is -1.18. The van der Waals surface area contributed by atoms with E-state index in [1.54, 1.807) is 31.2 Å². The highest BCUT2D eigenvalue weighted by Gasteiger charge is 2.47. The van der Waals surface area contributed by atoms with Crippen LogP contribution < -0.4 is 4.74 Å². The van der Waals surface area contributed by atoms with Crippen molar-refractivity contribution in [2.45, 2.75) is 19.5 Å². The Kier molecular flexibility index (Phi) is 5.96. The smallest absolute Gasteiger partial charge is 0.295 e. The van der Waals surface area contributed by atoms with E-state index in [-0.39, 0.29) is 23.2 Å². The number of hydrogen-bond donors (Lipinski definition) is 1. The Labute approximate surface area is 189 Å². The van der Waals surface area contributed by atoms with Crippen LogP contribution in [0.5, 0.6) is 5.75 Å². The summed E-state index contributed by atoms with van der Waals surface area (Å²) in [6.45, 7) is 1.73. The molecular formula is C26H21F2NO4. The maximum absolute atomic E-state index is 14.9. The number of ketones is 1. The first-order chi connectivity index (χ1) is 15.8. The standard InChI is InChI=1S/C26H21F2NO4/c1-15-7-12-21(33-2)19(13-15)24(30)22-23(18-5-3-4-6-20(18)28)29(26(32)25(22)31)14-16-8-10-17(27)11-9-16/h3-13,23,30H,14H2,1-2H3/b24-22+. The number of Topliss-reactive ketones (excluding diaryl/α,β-unsaturated/α-hetero) is 1. The van der Waals surface area contributed by atoms with E-state index in [0.29, 0.717) is 11.3 Å². The third-order valence-corrected chi connectivity index (χ3v) is 5.62. The number of carbonyl (C=O) groups is 2. The zero-order valence-corrected chi connectivity index (χ0v) is 18.0. The largest absolute Gasteiger partial charge is 0.507 e. The third kappa shape index (κ3) is 4.09. The summed E-state index contributed by atoms with van der Waals surface area (Å²) in [5, 5.41) is 11.2. The fraction of sp³-hybridized carbons (Fsp3) is 0.154. The minimum Gasteiger partial charge on any atom is -0.507 e. The Hall–Kier alpha value is -4.00. The normalized spacial score (nSPS) is 17.5.